The molecule has 3 aromatic rings. The monoisotopic (exact) mass is 712 g/mol. The number of hydrogen-bond acceptors (Lipinski definition) is 6. The van der Waals surface area contributed by atoms with Gasteiger partial charge in [0, 0.05) is 60.0 Å². The largest absolute Gasteiger partial charge is 0.356 e. The smallest absolute Gasteiger partial charge is 0.246 e. The lowest BCUT2D eigenvalue weighted by Gasteiger charge is -2.35. The Morgan fingerprint density at radius 2 is 1.40 bits per heavy atom. The average molecular weight is 713 g/mol. The third kappa shape index (κ3) is 12.9. The zero-order valence-corrected chi connectivity index (χ0v) is 31.7. The van der Waals surface area contributed by atoms with Gasteiger partial charge in [0.15, 0.2) is 0 Å². The highest BCUT2D eigenvalue weighted by atomic mass is 16.2. The molecule has 0 unspecified atom stereocenters. The van der Waals surface area contributed by atoms with E-state index in [0.717, 1.165) is 21.9 Å². The Labute approximate surface area is 308 Å². The van der Waals surface area contributed by atoms with E-state index in [1.807, 2.05) is 86.6 Å². The van der Waals surface area contributed by atoms with Crippen LogP contribution in [0.25, 0.3) is 10.8 Å². The van der Waals surface area contributed by atoms with E-state index in [0.29, 0.717) is 32.2 Å². The summed E-state index contributed by atoms with van der Waals surface area (Å²) in [7, 11) is 6.42. The van der Waals surface area contributed by atoms with Crippen molar-refractivity contribution < 1.29 is 24.0 Å². The number of amides is 5. The lowest BCUT2D eigenvalue weighted by molar-refractivity contribution is -0.146. The van der Waals surface area contributed by atoms with Crippen molar-refractivity contribution in [3.63, 3.8) is 0 Å². The number of likely N-dealkylation sites (N-methyl/N-ethyl adjacent to an activating group) is 3. The van der Waals surface area contributed by atoms with E-state index in [1.54, 1.807) is 34.3 Å². The number of hydrogen-bond donors (Lipinski definition) is 3. The van der Waals surface area contributed by atoms with Crippen LogP contribution in [0.2, 0.25) is 0 Å². The van der Waals surface area contributed by atoms with Gasteiger partial charge in [-0.3, -0.25) is 24.0 Å². The first-order chi connectivity index (χ1) is 24.6. The summed E-state index contributed by atoms with van der Waals surface area (Å²) in [5.41, 5.74) is 7.30. The predicted molar refractivity (Wildman–Crippen MR) is 206 cm³/mol. The summed E-state index contributed by atoms with van der Waals surface area (Å²) in [6.45, 7) is 5.65. The molecule has 0 saturated heterocycles. The van der Waals surface area contributed by atoms with Crippen LogP contribution < -0.4 is 16.4 Å². The topological polar surface area (TPSA) is 145 Å². The van der Waals surface area contributed by atoms with Crippen molar-refractivity contribution >= 4 is 40.3 Å². The van der Waals surface area contributed by atoms with Gasteiger partial charge in [-0.15, -0.1) is 0 Å². The van der Waals surface area contributed by atoms with E-state index in [-0.39, 0.29) is 30.6 Å². The highest BCUT2D eigenvalue weighted by Crippen LogP contribution is 2.20. The highest BCUT2D eigenvalue weighted by Gasteiger charge is 2.36. The lowest BCUT2D eigenvalue weighted by Crippen LogP contribution is -2.58. The summed E-state index contributed by atoms with van der Waals surface area (Å²) in [6.07, 6.45) is 5.58. The van der Waals surface area contributed by atoms with Gasteiger partial charge >= 0.3 is 0 Å². The SMILES string of the molecule is CC(=O)NCCCC[C@H](NC(=O)[C@@H](Cc1ccccc1)N(C)C(=O)[C@@H](Cc1ccc2ccccc2c1)N(C)C(=O)C=CCC(C)(C)N)C(=O)N(C)C. The van der Waals surface area contributed by atoms with Crippen molar-refractivity contribution in [3.05, 3.63) is 96.1 Å². The van der Waals surface area contributed by atoms with Gasteiger partial charge in [-0.2, -0.15) is 0 Å². The molecule has 5 amide bonds. The molecule has 3 rings (SSSR count). The Bertz CT molecular complexity index is 1700. The van der Waals surface area contributed by atoms with E-state index >= 15 is 0 Å². The second-order valence-electron chi connectivity index (χ2n) is 14.4. The van der Waals surface area contributed by atoms with Crippen molar-refractivity contribution in [1.29, 1.82) is 0 Å². The minimum Gasteiger partial charge on any atom is -0.356 e. The third-order valence-corrected chi connectivity index (χ3v) is 8.99. The first kappa shape index (κ1) is 41.4. The Morgan fingerprint density at radius 3 is 2.04 bits per heavy atom. The summed E-state index contributed by atoms with van der Waals surface area (Å²) >= 11 is 0. The number of unbranched alkanes of at least 4 members (excludes halogenated alkanes) is 1. The van der Waals surface area contributed by atoms with Crippen LogP contribution in [-0.4, -0.2) is 103 Å². The van der Waals surface area contributed by atoms with E-state index in [2.05, 4.69) is 10.6 Å². The molecular weight excluding hydrogens is 656 g/mol. The molecule has 52 heavy (non-hydrogen) atoms. The molecule has 11 heteroatoms. The molecule has 3 atom stereocenters. The maximum Gasteiger partial charge on any atom is 0.246 e. The van der Waals surface area contributed by atoms with E-state index < -0.39 is 35.5 Å². The molecule has 0 fully saturated rings. The zero-order valence-electron chi connectivity index (χ0n) is 31.7. The van der Waals surface area contributed by atoms with Crippen LogP contribution >= 0.6 is 0 Å². The molecule has 0 radical (unpaired) electrons. The summed E-state index contributed by atoms with van der Waals surface area (Å²) in [6, 6.07) is 20.5. The Kier molecular flexibility index (Phi) is 15.6. The molecule has 11 nitrogen and oxygen atoms in total. The van der Waals surface area contributed by atoms with Crippen molar-refractivity contribution in [1.82, 2.24) is 25.3 Å². The standard InChI is InChI=1S/C41H56N6O5/c1-29(48)43-25-14-13-20-34(39(51)45(4)5)44-38(50)35(27-30-16-9-8-10-17-30)47(7)40(52)36(46(6)37(49)21-15-24-41(2,3)42)28-31-22-23-32-18-11-12-19-33(32)26-31/h8-12,15-19,21-23,26,34-36H,13-14,20,24-25,27-28,42H2,1-7H3,(H,43,48)(H,44,50)/t34-,35+,36+/m0/s1. The number of nitrogens with two attached hydrogens (primary N) is 1. The first-order valence-electron chi connectivity index (χ1n) is 17.8. The van der Waals surface area contributed by atoms with E-state index in [1.165, 1.54) is 27.7 Å². The quantitative estimate of drug-likeness (QED) is 0.135. The van der Waals surface area contributed by atoms with Gasteiger partial charge in [0.05, 0.1) is 0 Å². The van der Waals surface area contributed by atoms with Crippen molar-refractivity contribution in [2.24, 2.45) is 5.73 Å². The van der Waals surface area contributed by atoms with Crippen LogP contribution in [0.5, 0.6) is 0 Å². The lowest BCUT2D eigenvalue weighted by atomic mass is 9.98. The fraction of sp³-hybridized carbons (Fsp3) is 0.439. The Hall–Kier alpha value is -5.03. The van der Waals surface area contributed by atoms with Gasteiger partial charge in [-0.25, -0.2) is 0 Å². The normalized spacial score (nSPS) is 13.2. The molecule has 4 N–H and O–H groups in total. The van der Waals surface area contributed by atoms with Gasteiger partial charge < -0.3 is 31.1 Å². The second kappa shape index (κ2) is 19.5. The van der Waals surface area contributed by atoms with Crippen LogP contribution in [-0.2, 0) is 36.8 Å². The maximum absolute atomic E-state index is 14.7. The number of carbonyl (C=O) groups excluding carboxylic acids is 5. The maximum atomic E-state index is 14.7. The fourth-order valence-electron chi connectivity index (χ4n) is 5.92. The molecular formula is C41H56N6O5. The van der Waals surface area contributed by atoms with Crippen LogP contribution in [0.1, 0.15) is 57.6 Å². The molecule has 0 bridgehead atoms. The first-order valence-corrected chi connectivity index (χ1v) is 17.8. The summed E-state index contributed by atoms with van der Waals surface area (Å²) in [5, 5.41) is 7.76. The number of rotatable bonds is 18. The molecule has 3 aromatic carbocycles. The van der Waals surface area contributed by atoms with Crippen LogP contribution in [0.3, 0.4) is 0 Å². The van der Waals surface area contributed by atoms with Crippen LogP contribution in [0, 0.1) is 0 Å². The van der Waals surface area contributed by atoms with E-state index in [9.17, 15) is 24.0 Å². The number of nitrogens with one attached hydrogen (secondary N) is 2. The third-order valence-electron chi connectivity index (χ3n) is 8.99. The fourth-order valence-corrected chi connectivity index (χ4v) is 5.92. The molecule has 0 aliphatic heterocycles. The molecule has 0 aliphatic rings. The van der Waals surface area contributed by atoms with Gasteiger partial charge in [-0.05, 0) is 67.5 Å². The number of benzene rings is 3. The van der Waals surface area contributed by atoms with Gasteiger partial charge in [0.25, 0.3) is 0 Å². The second-order valence-corrected chi connectivity index (χ2v) is 14.4. The number of nitrogens with zero attached hydrogens (tertiary/aromatic N) is 3. The Morgan fingerprint density at radius 1 is 0.769 bits per heavy atom. The molecule has 0 aromatic heterocycles. The van der Waals surface area contributed by atoms with Gasteiger partial charge in [-0.1, -0.05) is 78.9 Å². The highest BCUT2D eigenvalue weighted by molar-refractivity contribution is 5.96. The molecule has 0 spiro atoms. The number of fused-ring (bicyclic) bond motifs is 1. The molecule has 0 saturated carbocycles. The molecule has 0 heterocycles. The van der Waals surface area contributed by atoms with Crippen LogP contribution in [0.4, 0.5) is 0 Å². The molecule has 0 aliphatic carbocycles. The van der Waals surface area contributed by atoms with Crippen molar-refractivity contribution in [2.75, 3.05) is 34.7 Å². The van der Waals surface area contributed by atoms with Crippen LogP contribution in [0.15, 0.2) is 84.9 Å². The summed E-state index contributed by atoms with van der Waals surface area (Å²) < 4.78 is 0. The minimum atomic E-state index is -0.997. The number of carbonyl (C=O) groups is 5. The predicted octanol–water partition coefficient (Wildman–Crippen LogP) is 3.84. The van der Waals surface area contributed by atoms with Gasteiger partial charge in [0.2, 0.25) is 29.5 Å². The van der Waals surface area contributed by atoms with Gasteiger partial charge in [0.1, 0.15) is 18.1 Å². The van der Waals surface area contributed by atoms with Crippen molar-refractivity contribution in [2.45, 2.75) is 83.0 Å². The molecule has 280 valence electrons. The minimum absolute atomic E-state index is 0.132. The Balaban J connectivity index is 1.96. The van der Waals surface area contributed by atoms with Crippen molar-refractivity contribution in [3.8, 4) is 0 Å². The van der Waals surface area contributed by atoms with E-state index in [4.69, 9.17) is 5.73 Å². The summed E-state index contributed by atoms with van der Waals surface area (Å²) in [5.74, 6) is -1.67. The average Bonchev–Trinajstić information content (AvgIpc) is 3.10. The summed E-state index contributed by atoms with van der Waals surface area (Å²) in [4.78, 5) is 71.2. The zero-order chi connectivity index (χ0) is 38.4.